The SMILES string of the molecule is Cc1coc2ccc(NC(=O)CC3C(=O)Nc4ccccc43)cc12. The summed E-state index contributed by atoms with van der Waals surface area (Å²) in [4.78, 5) is 24.5. The first-order chi connectivity index (χ1) is 11.6. The molecule has 1 aliphatic heterocycles. The minimum atomic E-state index is -0.444. The van der Waals surface area contributed by atoms with Crippen LogP contribution in [0, 0.1) is 6.92 Å². The van der Waals surface area contributed by atoms with Gasteiger partial charge in [-0.2, -0.15) is 0 Å². The van der Waals surface area contributed by atoms with Crippen LogP contribution in [0.1, 0.15) is 23.5 Å². The van der Waals surface area contributed by atoms with Crippen molar-refractivity contribution >= 4 is 34.2 Å². The Balaban J connectivity index is 1.52. The largest absolute Gasteiger partial charge is 0.464 e. The smallest absolute Gasteiger partial charge is 0.232 e. The van der Waals surface area contributed by atoms with Crippen molar-refractivity contribution < 1.29 is 14.0 Å². The Morgan fingerprint density at radius 2 is 2.08 bits per heavy atom. The summed E-state index contributed by atoms with van der Waals surface area (Å²) < 4.78 is 5.40. The summed E-state index contributed by atoms with van der Waals surface area (Å²) in [5.74, 6) is -0.763. The standard InChI is InChI=1S/C19H16N2O3/c1-11-10-24-17-7-6-12(8-14(11)17)20-18(22)9-15-13-4-2-3-5-16(13)21-19(15)23/h2-8,10,15H,9H2,1H3,(H,20,22)(H,21,23). The van der Waals surface area contributed by atoms with Gasteiger partial charge in [0.15, 0.2) is 0 Å². The van der Waals surface area contributed by atoms with Gasteiger partial charge >= 0.3 is 0 Å². The number of benzene rings is 2. The molecule has 5 nitrogen and oxygen atoms in total. The summed E-state index contributed by atoms with van der Waals surface area (Å²) in [6.07, 6.45) is 1.81. The van der Waals surface area contributed by atoms with Gasteiger partial charge in [0.05, 0.1) is 12.2 Å². The molecule has 2 N–H and O–H groups in total. The maximum Gasteiger partial charge on any atom is 0.232 e. The summed E-state index contributed by atoms with van der Waals surface area (Å²) >= 11 is 0. The third-order valence-electron chi connectivity index (χ3n) is 4.35. The maximum atomic E-state index is 12.4. The van der Waals surface area contributed by atoms with Gasteiger partial charge in [-0.15, -0.1) is 0 Å². The number of amides is 2. The topological polar surface area (TPSA) is 71.3 Å². The number of nitrogens with one attached hydrogen (secondary N) is 2. The van der Waals surface area contributed by atoms with E-state index in [1.165, 1.54) is 0 Å². The first-order valence-corrected chi connectivity index (χ1v) is 7.79. The highest BCUT2D eigenvalue weighted by Crippen LogP contribution is 2.34. The lowest BCUT2D eigenvalue weighted by atomic mass is 9.97. The second kappa shape index (κ2) is 5.53. The highest BCUT2D eigenvalue weighted by molar-refractivity contribution is 6.06. The summed E-state index contributed by atoms with van der Waals surface area (Å²) in [6.45, 7) is 1.96. The van der Waals surface area contributed by atoms with E-state index < -0.39 is 5.92 Å². The van der Waals surface area contributed by atoms with Crippen LogP contribution in [0.25, 0.3) is 11.0 Å². The van der Waals surface area contributed by atoms with Crippen LogP contribution in [0.15, 0.2) is 53.1 Å². The van der Waals surface area contributed by atoms with Crippen LogP contribution in [-0.4, -0.2) is 11.8 Å². The predicted molar refractivity (Wildman–Crippen MR) is 92.0 cm³/mol. The zero-order valence-corrected chi connectivity index (χ0v) is 13.1. The third-order valence-corrected chi connectivity index (χ3v) is 4.35. The normalized spacial score (nSPS) is 16.0. The Morgan fingerprint density at radius 3 is 2.96 bits per heavy atom. The Labute approximate surface area is 138 Å². The van der Waals surface area contributed by atoms with Crippen molar-refractivity contribution in [3.8, 4) is 0 Å². The van der Waals surface area contributed by atoms with E-state index in [4.69, 9.17) is 4.42 Å². The number of hydrogen-bond donors (Lipinski definition) is 2. The zero-order chi connectivity index (χ0) is 16.7. The number of carbonyl (C=O) groups excluding carboxylic acids is 2. The molecule has 5 heteroatoms. The molecular weight excluding hydrogens is 304 g/mol. The number of anilines is 2. The molecule has 4 rings (SSSR count). The molecule has 1 aliphatic rings. The lowest BCUT2D eigenvalue weighted by molar-refractivity contribution is -0.122. The van der Waals surface area contributed by atoms with Crippen LogP contribution in [0.2, 0.25) is 0 Å². The Morgan fingerprint density at radius 1 is 1.25 bits per heavy atom. The van der Waals surface area contributed by atoms with Crippen LogP contribution in [0.3, 0.4) is 0 Å². The molecule has 0 aliphatic carbocycles. The van der Waals surface area contributed by atoms with E-state index in [2.05, 4.69) is 10.6 Å². The van der Waals surface area contributed by atoms with Gasteiger partial charge in [0.1, 0.15) is 5.58 Å². The molecule has 0 saturated carbocycles. The predicted octanol–water partition coefficient (Wildman–Crippen LogP) is 3.81. The molecule has 2 aromatic carbocycles. The molecule has 2 heterocycles. The van der Waals surface area contributed by atoms with Crippen LogP contribution in [0.5, 0.6) is 0 Å². The van der Waals surface area contributed by atoms with Crippen molar-refractivity contribution in [2.45, 2.75) is 19.3 Å². The van der Waals surface area contributed by atoms with Crippen molar-refractivity contribution in [3.05, 3.63) is 59.9 Å². The van der Waals surface area contributed by atoms with Crippen molar-refractivity contribution in [2.75, 3.05) is 10.6 Å². The van der Waals surface area contributed by atoms with Crippen LogP contribution >= 0.6 is 0 Å². The number of rotatable bonds is 3. The summed E-state index contributed by atoms with van der Waals surface area (Å²) in [6, 6.07) is 13.0. The molecule has 0 saturated heterocycles. The average molecular weight is 320 g/mol. The van der Waals surface area contributed by atoms with E-state index in [0.29, 0.717) is 5.69 Å². The quantitative estimate of drug-likeness (QED) is 0.771. The lowest BCUT2D eigenvalue weighted by Gasteiger charge is -2.10. The Hall–Kier alpha value is -3.08. The molecular formula is C19H16N2O3. The molecule has 0 bridgehead atoms. The van der Waals surface area contributed by atoms with Crippen LogP contribution < -0.4 is 10.6 Å². The minimum absolute atomic E-state index is 0.116. The van der Waals surface area contributed by atoms with Crippen LogP contribution in [-0.2, 0) is 9.59 Å². The highest BCUT2D eigenvalue weighted by atomic mass is 16.3. The molecule has 0 spiro atoms. The Kier molecular flexibility index (Phi) is 3.34. The molecule has 24 heavy (non-hydrogen) atoms. The fourth-order valence-electron chi connectivity index (χ4n) is 3.11. The fourth-order valence-corrected chi connectivity index (χ4v) is 3.11. The number of aryl methyl sites for hydroxylation is 1. The lowest BCUT2D eigenvalue weighted by Crippen LogP contribution is -2.20. The van der Waals surface area contributed by atoms with Crippen molar-refractivity contribution in [3.63, 3.8) is 0 Å². The summed E-state index contributed by atoms with van der Waals surface area (Å²) in [7, 11) is 0. The van der Waals surface area contributed by atoms with Gasteiger partial charge in [-0.3, -0.25) is 9.59 Å². The van der Waals surface area contributed by atoms with Crippen molar-refractivity contribution in [2.24, 2.45) is 0 Å². The molecule has 120 valence electrons. The van der Waals surface area contributed by atoms with E-state index >= 15 is 0 Å². The summed E-state index contributed by atoms with van der Waals surface area (Å²) in [5, 5.41) is 6.65. The number of furan rings is 1. The number of hydrogen-bond acceptors (Lipinski definition) is 3. The van der Waals surface area contributed by atoms with Gasteiger partial charge in [0.2, 0.25) is 11.8 Å². The molecule has 0 radical (unpaired) electrons. The molecule has 0 fully saturated rings. The molecule has 1 atom stereocenters. The number of fused-ring (bicyclic) bond motifs is 2. The van der Waals surface area contributed by atoms with Crippen LogP contribution in [0.4, 0.5) is 11.4 Å². The first-order valence-electron chi connectivity index (χ1n) is 7.79. The third kappa shape index (κ3) is 2.44. The van der Waals surface area contributed by atoms with E-state index in [1.54, 1.807) is 12.3 Å². The molecule has 1 aromatic heterocycles. The zero-order valence-electron chi connectivity index (χ0n) is 13.1. The van der Waals surface area contributed by atoms with Crippen molar-refractivity contribution in [1.82, 2.24) is 0 Å². The highest BCUT2D eigenvalue weighted by Gasteiger charge is 2.31. The fraction of sp³-hybridized carbons (Fsp3) is 0.158. The maximum absolute atomic E-state index is 12.4. The average Bonchev–Trinajstić information content (AvgIpc) is 3.09. The van der Waals surface area contributed by atoms with Gasteiger partial charge in [-0.05, 0) is 42.3 Å². The monoisotopic (exact) mass is 320 g/mol. The van der Waals surface area contributed by atoms with Gasteiger partial charge < -0.3 is 15.1 Å². The van der Waals surface area contributed by atoms with E-state index in [1.807, 2.05) is 43.3 Å². The molecule has 3 aromatic rings. The van der Waals surface area contributed by atoms with Gasteiger partial charge in [-0.1, -0.05) is 18.2 Å². The van der Waals surface area contributed by atoms with Crippen molar-refractivity contribution in [1.29, 1.82) is 0 Å². The van der Waals surface area contributed by atoms with Gasteiger partial charge in [0.25, 0.3) is 0 Å². The number of para-hydroxylation sites is 1. The van der Waals surface area contributed by atoms with E-state index in [9.17, 15) is 9.59 Å². The minimum Gasteiger partial charge on any atom is -0.464 e. The molecule has 2 amide bonds. The second-order valence-electron chi connectivity index (χ2n) is 6.01. The molecule has 1 unspecified atom stereocenters. The van der Waals surface area contributed by atoms with E-state index in [-0.39, 0.29) is 18.2 Å². The Bertz CT molecular complexity index is 958. The first kappa shape index (κ1) is 14.5. The number of carbonyl (C=O) groups is 2. The van der Waals surface area contributed by atoms with Gasteiger partial charge in [0, 0.05) is 23.2 Å². The second-order valence-corrected chi connectivity index (χ2v) is 6.01. The van der Waals surface area contributed by atoms with Gasteiger partial charge in [-0.25, -0.2) is 0 Å². The van der Waals surface area contributed by atoms with E-state index in [0.717, 1.165) is 27.8 Å². The summed E-state index contributed by atoms with van der Waals surface area (Å²) in [5.41, 5.74) is 4.16.